The first-order valence-electron chi connectivity index (χ1n) is 7.32. The number of sulfonamides is 1. The standard InChI is InChI=1S/C13H30N4O2S/c1-5-7-8-12(6-2)11-16-13(14-3)15-9-10-17-20(4,18)19/h12,17H,5-11H2,1-4H3,(H2,14,15,16). The molecule has 1 unspecified atom stereocenters. The van der Waals surface area contributed by atoms with Crippen molar-refractivity contribution in [3.8, 4) is 0 Å². The number of nitrogens with zero attached hydrogens (tertiary/aromatic N) is 1. The Morgan fingerprint density at radius 1 is 1.20 bits per heavy atom. The summed E-state index contributed by atoms with van der Waals surface area (Å²) in [5, 5.41) is 6.38. The summed E-state index contributed by atoms with van der Waals surface area (Å²) in [4.78, 5) is 4.13. The van der Waals surface area contributed by atoms with Crippen molar-refractivity contribution in [2.45, 2.75) is 39.5 Å². The summed E-state index contributed by atoms with van der Waals surface area (Å²) in [6.07, 6.45) is 6.01. The SMILES string of the molecule is CCCCC(CC)CNC(=NC)NCCNS(C)(=O)=O. The van der Waals surface area contributed by atoms with E-state index in [9.17, 15) is 8.42 Å². The molecule has 20 heavy (non-hydrogen) atoms. The van der Waals surface area contributed by atoms with Gasteiger partial charge in [-0.2, -0.15) is 0 Å². The zero-order chi connectivity index (χ0) is 15.4. The van der Waals surface area contributed by atoms with Gasteiger partial charge in [0.2, 0.25) is 10.0 Å². The summed E-state index contributed by atoms with van der Waals surface area (Å²) >= 11 is 0. The Balaban J connectivity index is 3.92. The second-order valence-corrected chi connectivity index (χ2v) is 6.80. The van der Waals surface area contributed by atoms with Crippen molar-refractivity contribution < 1.29 is 8.42 Å². The summed E-state index contributed by atoms with van der Waals surface area (Å²) < 4.78 is 24.3. The molecule has 1 atom stereocenters. The lowest BCUT2D eigenvalue weighted by molar-refractivity contribution is 0.444. The fourth-order valence-electron chi connectivity index (χ4n) is 1.82. The van der Waals surface area contributed by atoms with Crippen molar-refractivity contribution in [2.24, 2.45) is 10.9 Å². The maximum absolute atomic E-state index is 10.9. The van der Waals surface area contributed by atoms with Crippen LogP contribution in [0, 0.1) is 5.92 Å². The first kappa shape index (κ1) is 19.2. The minimum Gasteiger partial charge on any atom is -0.356 e. The van der Waals surface area contributed by atoms with Gasteiger partial charge in [-0.25, -0.2) is 13.1 Å². The van der Waals surface area contributed by atoms with Crippen LogP contribution in [0.25, 0.3) is 0 Å². The molecule has 120 valence electrons. The van der Waals surface area contributed by atoms with E-state index in [0.29, 0.717) is 19.0 Å². The molecular formula is C13H30N4O2S. The predicted molar refractivity (Wildman–Crippen MR) is 85.5 cm³/mol. The summed E-state index contributed by atoms with van der Waals surface area (Å²) in [5.74, 6) is 1.37. The Morgan fingerprint density at radius 2 is 1.90 bits per heavy atom. The zero-order valence-electron chi connectivity index (χ0n) is 13.2. The van der Waals surface area contributed by atoms with Crippen molar-refractivity contribution in [3.63, 3.8) is 0 Å². The molecule has 7 heteroatoms. The third-order valence-corrected chi connectivity index (χ3v) is 3.84. The molecule has 0 aromatic rings. The number of aliphatic imine (C=N–C) groups is 1. The van der Waals surface area contributed by atoms with Crippen LogP contribution in [0.5, 0.6) is 0 Å². The van der Waals surface area contributed by atoms with Crippen molar-refractivity contribution >= 4 is 16.0 Å². The van der Waals surface area contributed by atoms with Crippen molar-refractivity contribution in [1.82, 2.24) is 15.4 Å². The molecule has 0 aromatic heterocycles. The van der Waals surface area contributed by atoms with E-state index in [4.69, 9.17) is 0 Å². The van der Waals surface area contributed by atoms with E-state index < -0.39 is 10.0 Å². The Bertz CT molecular complexity index is 369. The third kappa shape index (κ3) is 11.0. The van der Waals surface area contributed by atoms with E-state index in [1.807, 2.05) is 0 Å². The van der Waals surface area contributed by atoms with Gasteiger partial charge in [-0.1, -0.05) is 33.1 Å². The highest BCUT2D eigenvalue weighted by molar-refractivity contribution is 7.88. The van der Waals surface area contributed by atoms with Gasteiger partial charge in [0.25, 0.3) is 0 Å². The Morgan fingerprint density at radius 3 is 2.40 bits per heavy atom. The first-order valence-corrected chi connectivity index (χ1v) is 9.21. The van der Waals surface area contributed by atoms with Crippen LogP contribution in [-0.2, 0) is 10.0 Å². The Labute approximate surface area is 123 Å². The highest BCUT2D eigenvalue weighted by Crippen LogP contribution is 2.10. The average molecular weight is 306 g/mol. The van der Waals surface area contributed by atoms with E-state index in [-0.39, 0.29) is 0 Å². The van der Waals surface area contributed by atoms with Crippen molar-refractivity contribution in [3.05, 3.63) is 0 Å². The number of rotatable bonds is 10. The Hall–Kier alpha value is -0.820. The minimum atomic E-state index is -3.12. The number of unbranched alkanes of at least 4 members (excludes halogenated alkanes) is 1. The molecular weight excluding hydrogens is 276 g/mol. The molecule has 3 N–H and O–H groups in total. The topological polar surface area (TPSA) is 82.6 Å². The highest BCUT2D eigenvalue weighted by atomic mass is 32.2. The summed E-state index contributed by atoms with van der Waals surface area (Å²) in [7, 11) is -1.40. The van der Waals surface area contributed by atoms with E-state index >= 15 is 0 Å². The number of nitrogens with one attached hydrogen (secondary N) is 3. The predicted octanol–water partition coefficient (Wildman–Crippen LogP) is 0.917. The lowest BCUT2D eigenvalue weighted by atomic mass is 9.99. The molecule has 0 heterocycles. The van der Waals surface area contributed by atoms with E-state index in [1.165, 1.54) is 19.3 Å². The number of guanidine groups is 1. The number of hydrogen-bond acceptors (Lipinski definition) is 3. The van der Waals surface area contributed by atoms with Crippen LogP contribution >= 0.6 is 0 Å². The summed E-state index contributed by atoms with van der Waals surface area (Å²) in [5.41, 5.74) is 0. The second-order valence-electron chi connectivity index (χ2n) is 4.96. The van der Waals surface area contributed by atoms with Crippen LogP contribution in [-0.4, -0.2) is 47.3 Å². The van der Waals surface area contributed by atoms with E-state index in [1.54, 1.807) is 7.05 Å². The van der Waals surface area contributed by atoms with Crippen LogP contribution < -0.4 is 15.4 Å². The molecule has 0 aliphatic carbocycles. The van der Waals surface area contributed by atoms with Gasteiger partial charge >= 0.3 is 0 Å². The molecule has 0 aromatic carbocycles. The average Bonchev–Trinajstić information content (AvgIpc) is 2.40. The van der Waals surface area contributed by atoms with Gasteiger partial charge in [0.1, 0.15) is 0 Å². The molecule has 0 radical (unpaired) electrons. The lowest BCUT2D eigenvalue weighted by Crippen LogP contribution is -2.42. The highest BCUT2D eigenvalue weighted by Gasteiger charge is 2.07. The van der Waals surface area contributed by atoms with Gasteiger partial charge < -0.3 is 10.6 Å². The maximum atomic E-state index is 10.9. The lowest BCUT2D eigenvalue weighted by Gasteiger charge is -2.18. The smallest absolute Gasteiger partial charge is 0.208 e. The monoisotopic (exact) mass is 306 g/mol. The molecule has 0 aliphatic heterocycles. The van der Waals surface area contributed by atoms with Crippen LogP contribution in [0.1, 0.15) is 39.5 Å². The summed E-state index contributed by atoms with van der Waals surface area (Å²) in [6, 6.07) is 0. The minimum absolute atomic E-state index is 0.354. The van der Waals surface area contributed by atoms with E-state index in [0.717, 1.165) is 25.2 Å². The van der Waals surface area contributed by atoms with Crippen LogP contribution in [0.4, 0.5) is 0 Å². The molecule has 0 aliphatic rings. The molecule has 0 saturated heterocycles. The zero-order valence-corrected chi connectivity index (χ0v) is 14.0. The van der Waals surface area contributed by atoms with Gasteiger partial charge in [-0.15, -0.1) is 0 Å². The van der Waals surface area contributed by atoms with Gasteiger partial charge in [-0.3, -0.25) is 4.99 Å². The van der Waals surface area contributed by atoms with Crippen LogP contribution in [0.15, 0.2) is 4.99 Å². The molecule has 0 fully saturated rings. The fraction of sp³-hybridized carbons (Fsp3) is 0.923. The molecule has 0 bridgehead atoms. The fourth-order valence-corrected chi connectivity index (χ4v) is 2.30. The molecule has 0 amide bonds. The first-order chi connectivity index (χ1) is 9.42. The summed E-state index contributed by atoms with van der Waals surface area (Å²) in [6.45, 7) is 6.17. The maximum Gasteiger partial charge on any atom is 0.208 e. The van der Waals surface area contributed by atoms with Gasteiger partial charge in [-0.05, 0) is 12.3 Å². The van der Waals surface area contributed by atoms with E-state index in [2.05, 4.69) is 34.2 Å². The normalized spacial score (nSPS) is 14.1. The molecule has 0 rings (SSSR count). The van der Waals surface area contributed by atoms with Crippen molar-refractivity contribution in [2.75, 3.05) is 32.9 Å². The van der Waals surface area contributed by atoms with Gasteiger partial charge in [0.05, 0.1) is 6.26 Å². The van der Waals surface area contributed by atoms with Crippen LogP contribution in [0.2, 0.25) is 0 Å². The number of hydrogen-bond donors (Lipinski definition) is 3. The van der Waals surface area contributed by atoms with Gasteiger partial charge in [0.15, 0.2) is 5.96 Å². The molecule has 0 saturated carbocycles. The molecule has 6 nitrogen and oxygen atoms in total. The van der Waals surface area contributed by atoms with Crippen molar-refractivity contribution in [1.29, 1.82) is 0 Å². The molecule has 0 spiro atoms. The third-order valence-electron chi connectivity index (χ3n) is 3.11. The quantitative estimate of drug-likeness (QED) is 0.318. The second kappa shape index (κ2) is 10.9. The van der Waals surface area contributed by atoms with Crippen LogP contribution in [0.3, 0.4) is 0 Å². The van der Waals surface area contributed by atoms with Gasteiger partial charge in [0, 0.05) is 26.7 Å². The largest absolute Gasteiger partial charge is 0.356 e. The Kier molecular flexibility index (Phi) is 10.5.